The van der Waals surface area contributed by atoms with Crippen molar-refractivity contribution in [3.8, 4) is 0 Å². The molecular formula is C9H14ClN3O. The van der Waals surface area contributed by atoms with E-state index in [0.29, 0.717) is 5.88 Å². The Morgan fingerprint density at radius 2 is 2.36 bits per heavy atom. The third-order valence-corrected chi connectivity index (χ3v) is 2.27. The number of nitrogens with zero attached hydrogens (tertiary/aromatic N) is 2. The number of hydrogen-bond donors (Lipinski definition) is 1. The van der Waals surface area contributed by atoms with Crippen molar-refractivity contribution in [3.63, 3.8) is 0 Å². The van der Waals surface area contributed by atoms with Crippen LogP contribution in [0.25, 0.3) is 0 Å². The van der Waals surface area contributed by atoms with Gasteiger partial charge < -0.3 is 5.32 Å². The van der Waals surface area contributed by atoms with E-state index in [1.165, 1.54) is 0 Å². The summed E-state index contributed by atoms with van der Waals surface area (Å²) >= 11 is 5.75. The fraction of sp³-hybridized carbons (Fsp3) is 0.444. The summed E-state index contributed by atoms with van der Waals surface area (Å²) in [6, 6.07) is 1.89. The fourth-order valence-electron chi connectivity index (χ4n) is 1.08. The van der Waals surface area contributed by atoms with E-state index < -0.39 is 0 Å². The zero-order valence-electron chi connectivity index (χ0n) is 8.54. The third-order valence-electron chi connectivity index (χ3n) is 1.98. The Balaban J connectivity index is 3.01. The number of alkyl halides is 1. The zero-order valence-corrected chi connectivity index (χ0v) is 9.30. The van der Waals surface area contributed by atoms with Gasteiger partial charge in [-0.1, -0.05) is 0 Å². The molecule has 0 radical (unpaired) electrons. The lowest BCUT2D eigenvalue weighted by Crippen LogP contribution is -2.16. The van der Waals surface area contributed by atoms with Crippen molar-refractivity contribution in [1.82, 2.24) is 4.98 Å². The van der Waals surface area contributed by atoms with Gasteiger partial charge in [0, 0.05) is 37.6 Å². The molecule has 1 heterocycles. The second kappa shape index (κ2) is 5.02. The maximum atomic E-state index is 5.75. The van der Waals surface area contributed by atoms with Crippen molar-refractivity contribution in [3.05, 3.63) is 17.8 Å². The Morgan fingerprint density at radius 3 is 2.86 bits per heavy atom. The number of pyridine rings is 1. The molecule has 1 aromatic rings. The van der Waals surface area contributed by atoms with E-state index >= 15 is 0 Å². The van der Waals surface area contributed by atoms with E-state index in [0.717, 1.165) is 17.1 Å². The SMILES string of the molecule is CNc1cc(N(C)OC)ncc1CCl. The standard InChI is InChI=1S/C9H14ClN3O/c1-11-8-4-9(13(2)14-3)12-6-7(8)5-10/h4,6H,5H2,1-3H3,(H,11,12). The lowest BCUT2D eigenvalue weighted by molar-refractivity contribution is 0.182. The summed E-state index contributed by atoms with van der Waals surface area (Å²) in [5.41, 5.74) is 1.94. The predicted octanol–water partition coefficient (Wildman–Crippen LogP) is 1.86. The van der Waals surface area contributed by atoms with Crippen LogP contribution >= 0.6 is 11.6 Å². The van der Waals surface area contributed by atoms with Crippen molar-refractivity contribution in [1.29, 1.82) is 0 Å². The topological polar surface area (TPSA) is 37.4 Å². The Hall–Kier alpha value is -1.00. The number of halogens is 1. The molecule has 4 nitrogen and oxygen atoms in total. The Bertz CT molecular complexity index is 306. The van der Waals surface area contributed by atoms with E-state index in [1.807, 2.05) is 13.1 Å². The molecule has 0 aromatic carbocycles. The Kier molecular flexibility index (Phi) is 3.98. The van der Waals surface area contributed by atoms with Crippen molar-refractivity contribution >= 4 is 23.1 Å². The second-order valence-electron chi connectivity index (χ2n) is 2.76. The van der Waals surface area contributed by atoms with Crippen molar-refractivity contribution < 1.29 is 4.84 Å². The molecule has 0 atom stereocenters. The average molecular weight is 216 g/mol. The Morgan fingerprint density at radius 1 is 1.64 bits per heavy atom. The molecule has 5 heteroatoms. The van der Waals surface area contributed by atoms with Crippen molar-refractivity contribution in [2.45, 2.75) is 5.88 Å². The summed E-state index contributed by atoms with van der Waals surface area (Å²) in [4.78, 5) is 9.22. The van der Waals surface area contributed by atoms with E-state index in [4.69, 9.17) is 16.4 Å². The first-order valence-electron chi connectivity index (χ1n) is 4.23. The number of anilines is 2. The highest BCUT2D eigenvalue weighted by atomic mass is 35.5. The minimum absolute atomic E-state index is 0.445. The summed E-state index contributed by atoms with van der Waals surface area (Å²) in [6.45, 7) is 0. The van der Waals surface area contributed by atoms with Gasteiger partial charge in [0.2, 0.25) is 0 Å². The number of aromatic nitrogens is 1. The van der Waals surface area contributed by atoms with Crippen LogP contribution in [0, 0.1) is 0 Å². The van der Waals surface area contributed by atoms with Gasteiger partial charge in [0.1, 0.15) is 0 Å². The summed E-state index contributed by atoms with van der Waals surface area (Å²) in [5, 5.41) is 4.64. The minimum Gasteiger partial charge on any atom is -0.388 e. The summed E-state index contributed by atoms with van der Waals surface area (Å²) in [7, 11) is 5.24. The second-order valence-corrected chi connectivity index (χ2v) is 3.03. The van der Waals surface area contributed by atoms with Crippen LogP contribution in [-0.2, 0) is 10.7 Å². The Labute approximate surface area is 88.8 Å². The van der Waals surface area contributed by atoms with Gasteiger partial charge in [-0.05, 0) is 0 Å². The minimum atomic E-state index is 0.445. The van der Waals surface area contributed by atoms with Gasteiger partial charge in [0.05, 0.1) is 13.0 Å². The molecule has 0 aliphatic carbocycles. The largest absolute Gasteiger partial charge is 0.388 e. The van der Waals surface area contributed by atoms with Gasteiger partial charge in [0.15, 0.2) is 5.82 Å². The van der Waals surface area contributed by atoms with Crippen LogP contribution in [-0.4, -0.2) is 26.2 Å². The molecule has 1 rings (SSSR count). The lowest BCUT2D eigenvalue weighted by atomic mass is 10.2. The molecule has 0 fully saturated rings. The van der Waals surface area contributed by atoms with Crippen LogP contribution in [0.15, 0.2) is 12.3 Å². The quantitative estimate of drug-likeness (QED) is 0.615. The molecular weight excluding hydrogens is 202 g/mol. The van der Waals surface area contributed by atoms with Crippen LogP contribution in [0.2, 0.25) is 0 Å². The molecule has 14 heavy (non-hydrogen) atoms. The summed E-state index contributed by atoms with van der Waals surface area (Å²) < 4.78 is 0. The highest BCUT2D eigenvalue weighted by Crippen LogP contribution is 2.21. The smallest absolute Gasteiger partial charge is 0.154 e. The molecule has 0 spiro atoms. The van der Waals surface area contributed by atoms with Gasteiger partial charge in [-0.15, -0.1) is 11.6 Å². The molecule has 1 N–H and O–H groups in total. The summed E-state index contributed by atoms with van der Waals surface area (Å²) in [5.74, 6) is 1.19. The maximum Gasteiger partial charge on any atom is 0.154 e. The molecule has 0 aliphatic rings. The molecule has 1 aromatic heterocycles. The number of hydrogen-bond acceptors (Lipinski definition) is 4. The number of rotatable bonds is 4. The normalized spacial score (nSPS) is 10.0. The fourth-order valence-corrected chi connectivity index (χ4v) is 1.29. The van der Waals surface area contributed by atoms with Crippen molar-refractivity contribution in [2.75, 3.05) is 31.6 Å². The zero-order chi connectivity index (χ0) is 10.6. The van der Waals surface area contributed by atoms with Crippen LogP contribution in [0.5, 0.6) is 0 Å². The lowest BCUT2D eigenvalue weighted by Gasteiger charge is -2.16. The molecule has 0 unspecified atom stereocenters. The number of hydroxylamine groups is 1. The highest BCUT2D eigenvalue weighted by Gasteiger charge is 2.05. The van der Waals surface area contributed by atoms with Gasteiger partial charge in [0.25, 0.3) is 0 Å². The third kappa shape index (κ3) is 2.27. The van der Waals surface area contributed by atoms with Gasteiger partial charge in [-0.2, -0.15) is 0 Å². The first kappa shape index (κ1) is 11.1. The van der Waals surface area contributed by atoms with Crippen LogP contribution in [0.4, 0.5) is 11.5 Å². The molecule has 0 amide bonds. The van der Waals surface area contributed by atoms with Crippen molar-refractivity contribution in [2.24, 2.45) is 0 Å². The van der Waals surface area contributed by atoms with Crippen LogP contribution < -0.4 is 10.4 Å². The first-order valence-corrected chi connectivity index (χ1v) is 4.76. The molecule has 0 aliphatic heterocycles. The highest BCUT2D eigenvalue weighted by molar-refractivity contribution is 6.17. The molecule has 0 bridgehead atoms. The summed E-state index contributed by atoms with van der Waals surface area (Å²) in [6.07, 6.45) is 1.74. The van der Waals surface area contributed by atoms with E-state index in [9.17, 15) is 0 Å². The van der Waals surface area contributed by atoms with E-state index in [1.54, 1.807) is 25.4 Å². The first-order chi connectivity index (χ1) is 6.72. The van der Waals surface area contributed by atoms with E-state index in [-0.39, 0.29) is 0 Å². The number of nitrogens with one attached hydrogen (secondary N) is 1. The molecule has 0 saturated heterocycles. The van der Waals surface area contributed by atoms with E-state index in [2.05, 4.69) is 10.3 Å². The molecule has 0 saturated carbocycles. The van der Waals surface area contributed by atoms with Gasteiger partial charge in [-0.3, -0.25) is 4.84 Å². The maximum absolute atomic E-state index is 5.75. The van der Waals surface area contributed by atoms with Gasteiger partial charge in [-0.25, -0.2) is 10.0 Å². The average Bonchev–Trinajstić information content (AvgIpc) is 2.26. The van der Waals surface area contributed by atoms with Crippen LogP contribution in [0.1, 0.15) is 5.56 Å². The molecule has 78 valence electrons. The predicted molar refractivity (Wildman–Crippen MR) is 58.8 cm³/mol. The van der Waals surface area contributed by atoms with Crippen LogP contribution in [0.3, 0.4) is 0 Å². The van der Waals surface area contributed by atoms with Gasteiger partial charge >= 0.3 is 0 Å². The monoisotopic (exact) mass is 215 g/mol.